The normalized spacial score (nSPS) is 19.4. The number of carbonyl (C=O) groups is 2. The van der Waals surface area contributed by atoms with Crippen molar-refractivity contribution in [2.24, 2.45) is 5.92 Å². The molecule has 8 heteroatoms. The van der Waals surface area contributed by atoms with E-state index >= 15 is 0 Å². The van der Waals surface area contributed by atoms with E-state index in [1.165, 1.54) is 19.1 Å². The Morgan fingerprint density at radius 3 is 2.65 bits per heavy atom. The lowest BCUT2D eigenvalue weighted by Crippen LogP contribution is -2.43. The Morgan fingerprint density at radius 2 is 2.04 bits per heavy atom. The van der Waals surface area contributed by atoms with E-state index in [-0.39, 0.29) is 25.5 Å². The van der Waals surface area contributed by atoms with E-state index in [0.29, 0.717) is 17.2 Å². The van der Waals surface area contributed by atoms with Crippen LogP contribution in [0.3, 0.4) is 0 Å². The van der Waals surface area contributed by atoms with Gasteiger partial charge in [0.25, 0.3) is 0 Å². The van der Waals surface area contributed by atoms with Crippen LogP contribution < -0.4 is 14.8 Å². The lowest BCUT2D eigenvalue weighted by atomic mass is 10.1. The van der Waals surface area contributed by atoms with Crippen LogP contribution in [0.1, 0.15) is 20.3 Å². The maximum absolute atomic E-state index is 12.7. The molecule has 0 bridgehead atoms. The third kappa shape index (κ3) is 4.78. The van der Waals surface area contributed by atoms with Crippen molar-refractivity contribution in [2.45, 2.75) is 32.4 Å². The number of hydrogen-bond donors (Lipinski definition) is 2. The number of hydrogen-bond acceptors (Lipinski definition) is 6. The number of nitrogens with one attached hydrogen (secondary N) is 1. The Bertz CT molecular complexity index is 649. The molecular weight excluding hydrogens is 340 g/mol. The smallest absolute Gasteiger partial charge is 0.410 e. The summed E-state index contributed by atoms with van der Waals surface area (Å²) in [5.74, 6) is 0.779. The monoisotopic (exact) mass is 366 g/mol. The van der Waals surface area contributed by atoms with Gasteiger partial charge in [-0.3, -0.25) is 9.69 Å². The summed E-state index contributed by atoms with van der Waals surface area (Å²) in [6.45, 7) is 4.16. The lowest BCUT2D eigenvalue weighted by Gasteiger charge is -2.24. The first kappa shape index (κ1) is 19.8. The SMILES string of the molecule is COc1ccc(OC)c(NC(=O)[C@@H]2C[C@H](O)CN2C(=O)OCC(C)C)c1. The molecule has 1 fully saturated rings. The van der Waals surface area contributed by atoms with E-state index in [1.807, 2.05) is 13.8 Å². The summed E-state index contributed by atoms with van der Waals surface area (Å²) >= 11 is 0. The maximum atomic E-state index is 12.7. The fourth-order valence-corrected chi connectivity index (χ4v) is 2.71. The topological polar surface area (TPSA) is 97.3 Å². The molecule has 1 saturated heterocycles. The number of rotatable bonds is 6. The summed E-state index contributed by atoms with van der Waals surface area (Å²) in [5.41, 5.74) is 0.425. The second-order valence-corrected chi connectivity index (χ2v) is 6.58. The van der Waals surface area contributed by atoms with Crippen molar-refractivity contribution in [1.82, 2.24) is 4.90 Å². The number of carbonyl (C=O) groups excluding carboxylic acids is 2. The maximum Gasteiger partial charge on any atom is 0.410 e. The van der Waals surface area contributed by atoms with Gasteiger partial charge in [0.2, 0.25) is 5.91 Å². The fraction of sp³-hybridized carbons (Fsp3) is 0.556. The van der Waals surface area contributed by atoms with Gasteiger partial charge in [0.1, 0.15) is 17.5 Å². The standard InChI is InChI=1S/C18H26N2O6/c1-11(2)10-26-18(23)20-9-12(21)7-15(20)17(22)19-14-8-13(24-3)5-6-16(14)25-4/h5-6,8,11-12,15,21H,7,9-10H2,1-4H3,(H,19,22)/t12-,15-/m0/s1. The van der Waals surface area contributed by atoms with Crippen LogP contribution in [-0.4, -0.2) is 61.5 Å². The Hall–Kier alpha value is -2.48. The predicted octanol–water partition coefficient (Wildman–Crippen LogP) is 1.87. The van der Waals surface area contributed by atoms with E-state index in [2.05, 4.69) is 5.32 Å². The number of anilines is 1. The highest BCUT2D eigenvalue weighted by molar-refractivity contribution is 5.98. The Morgan fingerprint density at radius 1 is 1.31 bits per heavy atom. The number of ether oxygens (including phenoxy) is 3. The average molecular weight is 366 g/mol. The average Bonchev–Trinajstić information content (AvgIpc) is 3.01. The van der Waals surface area contributed by atoms with Crippen LogP contribution in [0.5, 0.6) is 11.5 Å². The van der Waals surface area contributed by atoms with E-state index in [4.69, 9.17) is 14.2 Å². The third-order valence-electron chi connectivity index (χ3n) is 4.02. The molecule has 0 spiro atoms. The van der Waals surface area contributed by atoms with Crippen molar-refractivity contribution >= 4 is 17.7 Å². The number of amides is 2. The molecule has 2 atom stereocenters. The summed E-state index contributed by atoms with van der Waals surface area (Å²) in [5, 5.41) is 12.7. The zero-order valence-electron chi connectivity index (χ0n) is 15.5. The number of methoxy groups -OCH3 is 2. The zero-order chi connectivity index (χ0) is 19.3. The molecule has 0 aliphatic carbocycles. The molecule has 0 unspecified atom stereocenters. The molecule has 144 valence electrons. The molecular formula is C18H26N2O6. The quantitative estimate of drug-likeness (QED) is 0.798. The summed E-state index contributed by atoms with van der Waals surface area (Å²) in [6.07, 6.45) is -1.23. The second-order valence-electron chi connectivity index (χ2n) is 6.58. The molecule has 0 aromatic heterocycles. The van der Waals surface area contributed by atoms with Gasteiger partial charge in [-0.2, -0.15) is 0 Å². The number of likely N-dealkylation sites (tertiary alicyclic amines) is 1. The molecule has 2 N–H and O–H groups in total. The molecule has 2 amide bonds. The van der Waals surface area contributed by atoms with Gasteiger partial charge in [0.15, 0.2) is 0 Å². The van der Waals surface area contributed by atoms with Crippen LogP contribution in [0.4, 0.5) is 10.5 Å². The van der Waals surface area contributed by atoms with Crippen LogP contribution in [0.2, 0.25) is 0 Å². The lowest BCUT2D eigenvalue weighted by molar-refractivity contribution is -0.120. The number of aliphatic hydroxyl groups is 1. The number of aliphatic hydroxyl groups excluding tert-OH is 1. The van der Waals surface area contributed by atoms with Gasteiger partial charge in [-0.1, -0.05) is 13.8 Å². The molecule has 1 heterocycles. The van der Waals surface area contributed by atoms with Crippen LogP contribution in [0, 0.1) is 5.92 Å². The van der Waals surface area contributed by atoms with Crippen LogP contribution in [0.15, 0.2) is 18.2 Å². The molecule has 0 radical (unpaired) electrons. The molecule has 1 aliphatic rings. The summed E-state index contributed by atoms with van der Waals surface area (Å²) < 4.78 is 15.6. The molecule has 1 aromatic carbocycles. The van der Waals surface area contributed by atoms with E-state index in [1.54, 1.807) is 18.2 Å². The van der Waals surface area contributed by atoms with Crippen molar-refractivity contribution in [3.05, 3.63) is 18.2 Å². The van der Waals surface area contributed by atoms with Gasteiger partial charge < -0.3 is 24.6 Å². The first-order valence-electron chi connectivity index (χ1n) is 8.50. The summed E-state index contributed by atoms with van der Waals surface area (Å²) in [6, 6.07) is 4.19. The van der Waals surface area contributed by atoms with Gasteiger partial charge in [-0.05, 0) is 18.1 Å². The van der Waals surface area contributed by atoms with Crippen molar-refractivity contribution in [3.8, 4) is 11.5 Å². The number of nitrogens with zero attached hydrogens (tertiary/aromatic N) is 1. The fourth-order valence-electron chi connectivity index (χ4n) is 2.71. The minimum absolute atomic E-state index is 0.0598. The predicted molar refractivity (Wildman–Crippen MR) is 95.5 cm³/mol. The van der Waals surface area contributed by atoms with Crippen LogP contribution in [0.25, 0.3) is 0 Å². The number of benzene rings is 1. The summed E-state index contributed by atoms with van der Waals surface area (Å²) in [4.78, 5) is 26.2. The zero-order valence-corrected chi connectivity index (χ0v) is 15.5. The van der Waals surface area contributed by atoms with Crippen molar-refractivity contribution in [2.75, 3.05) is 32.7 Å². The van der Waals surface area contributed by atoms with E-state index in [9.17, 15) is 14.7 Å². The van der Waals surface area contributed by atoms with Gasteiger partial charge >= 0.3 is 6.09 Å². The highest BCUT2D eigenvalue weighted by atomic mass is 16.6. The van der Waals surface area contributed by atoms with Crippen molar-refractivity contribution in [3.63, 3.8) is 0 Å². The molecule has 8 nitrogen and oxygen atoms in total. The van der Waals surface area contributed by atoms with Crippen molar-refractivity contribution in [1.29, 1.82) is 0 Å². The highest BCUT2D eigenvalue weighted by Crippen LogP contribution is 2.30. The second kappa shape index (κ2) is 8.75. The summed E-state index contributed by atoms with van der Waals surface area (Å²) in [7, 11) is 3.01. The van der Waals surface area contributed by atoms with Gasteiger partial charge in [-0.25, -0.2) is 4.79 Å². The van der Waals surface area contributed by atoms with Gasteiger partial charge in [-0.15, -0.1) is 0 Å². The Kier molecular flexibility index (Phi) is 6.68. The third-order valence-corrected chi connectivity index (χ3v) is 4.02. The minimum Gasteiger partial charge on any atom is -0.497 e. The van der Waals surface area contributed by atoms with Gasteiger partial charge in [0, 0.05) is 12.5 Å². The van der Waals surface area contributed by atoms with Crippen LogP contribution >= 0.6 is 0 Å². The number of β-amino-alcohol motifs (C(OH)–C–C–N with tert-alkyl or cyclic N) is 1. The molecule has 2 rings (SSSR count). The van der Waals surface area contributed by atoms with E-state index in [0.717, 1.165) is 0 Å². The highest BCUT2D eigenvalue weighted by Gasteiger charge is 2.40. The minimum atomic E-state index is -0.819. The Balaban J connectivity index is 2.13. The first-order chi connectivity index (χ1) is 12.3. The van der Waals surface area contributed by atoms with Crippen LogP contribution in [-0.2, 0) is 9.53 Å². The Labute approximate surface area is 153 Å². The molecule has 0 saturated carbocycles. The largest absolute Gasteiger partial charge is 0.497 e. The molecule has 1 aromatic rings. The van der Waals surface area contributed by atoms with Crippen molar-refractivity contribution < 1.29 is 28.9 Å². The first-order valence-corrected chi connectivity index (χ1v) is 8.50. The van der Waals surface area contributed by atoms with E-state index < -0.39 is 24.1 Å². The molecule has 26 heavy (non-hydrogen) atoms. The molecule has 1 aliphatic heterocycles. The van der Waals surface area contributed by atoms with Gasteiger partial charge in [0.05, 0.1) is 39.2 Å².